The van der Waals surface area contributed by atoms with E-state index in [1.165, 1.54) is 11.3 Å². The Morgan fingerprint density at radius 1 is 1.22 bits per heavy atom. The summed E-state index contributed by atoms with van der Waals surface area (Å²) in [5, 5.41) is 5.97. The molecular weight excluding hydrogens is 362 g/mol. The molecule has 1 aromatic rings. The number of carbonyl (C=O) groups excluding carboxylic acids is 1. The molecule has 1 amide bonds. The Labute approximate surface area is 147 Å². The number of halogens is 1. The third kappa shape index (κ3) is 10.6. The molecule has 0 atom stereocenters. The van der Waals surface area contributed by atoms with Gasteiger partial charge < -0.3 is 15.4 Å². The summed E-state index contributed by atoms with van der Waals surface area (Å²) in [5.74, 6) is -0.110. The molecule has 0 bridgehead atoms. The predicted molar refractivity (Wildman–Crippen MR) is 95.2 cm³/mol. The average molecular weight is 386 g/mol. The molecule has 10 heteroatoms. The van der Waals surface area contributed by atoms with Crippen molar-refractivity contribution in [1.82, 2.24) is 15.4 Å². The average Bonchev–Trinajstić information content (AvgIpc) is 2.90. The number of thiophene rings is 1. The molecule has 23 heavy (non-hydrogen) atoms. The summed E-state index contributed by atoms with van der Waals surface area (Å²) < 4.78 is 29.3. The molecule has 0 aliphatic rings. The molecule has 134 valence electrons. The number of rotatable bonds is 11. The van der Waals surface area contributed by atoms with Gasteiger partial charge in [-0.3, -0.25) is 4.79 Å². The van der Waals surface area contributed by atoms with Crippen molar-refractivity contribution in [2.45, 2.75) is 6.42 Å². The number of carbonyl (C=O) groups is 1. The van der Waals surface area contributed by atoms with Crippen LogP contribution < -0.4 is 15.4 Å². The third-order valence-electron chi connectivity index (χ3n) is 2.69. The SMILES string of the molecule is COCCNCCNC(=O)c1ccc(CCNS(C)(=O)=O)s1.Cl. The molecule has 0 unspecified atom stereocenters. The van der Waals surface area contributed by atoms with Crippen LogP contribution in [0.2, 0.25) is 0 Å². The number of methoxy groups -OCH3 is 1. The first kappa shape index (κ1) is 22.3. The minimum atomic E-state index is -3.17. The molecule has 0 aromatic carbocycles. The molecule has 0 aliphatic carbocycles. The van der Waals surface area contributed by atoms with E-state index >= 15 is 0 Å². The fourth-order valence-corrected chi connectivity index (χ4v) is 3.04. The molecule has 1 heterocycles. The first-order chi connectivity index (χ1) is 10.4. The second-order valence-electron chi connectivity index (χ2n) is 4.68. The van der Waals surface area contributed by atoms with Gasteiger partial charge in [0.25, 0.3) is 5.91 Å². The van der Waals surface area contributed by atoms with E-state index in [1.54, 1.807) is 13.2 Å². The smallest absolute Gasteiger partial charge is 0.261 e. The van der Waals surface area contributed by atoms with Crippen molar-refractivity contribution in [3.05, 3.63) is 21.9 Å². The predicted octanol–water partition coefficient (Wildman–Crippen LogP) is 0.227. The minimum absolute atomic E-state index is 0. The van der Waals surface area contributed by atoms with Crippen molar-refractivity contribution in [1.29, 1.82) is 0 Å². The lowest BCUT2D eigenvalue weighted by Crippen LogP contribution is -2.32. The van der Waals surface area contributed by atoms with Gasteiger partial charge >= 0.3 is 0 Å². The zero-order valence-electron chi connectivity index (χ0n) is 13.3. The standard InChI is InChI=1S/C13H23N3O4S2.ClH/c1-20-10-9-14-7-8-15-13(17)12-4-3-11(21-12)5-6-16-22(2,18)19;/h3-4,14,16H,5-10H2,1-2H3,(H,15,17);1H. The van der Waals surface area contributed by atoms with Gasteiger partial charge in [0, 0.05) is 38.2 Å². The van der Waals surface area contributed by atoms with Crippen molar-refractivity contribution >= 4 is 39.7 Å². The third-order valence-corrected chi connectivity index (χ3v) is 4.56. The maximum Gasteiger partial charge on any atom is 0.261 e. The highest BCUT2D eigenvalue weighted by molar-refractivity contribution is 7.88. The highest BCUT2D eigenvalue weighted by Crippen LogP contribution is 2.16. The van der Waals surface area contributed by atoms with E-state index in [1.807, 2.05) is 6.07 Å². The van der Waals surface area contributed by atoms with Gasteiger partial charge in [0.2, 0.25) is 10.0 Å². The Morgan fingerprint density at radius 3 is 2.61 bits per heavy atom. The van der Waals surface area contributed by atoms with Gasteiger partial charge in [-0.15, -0.1) is 23.7 Å². The first-order valence-electron chi connectivity index (χ1n) is 6.93. The summed E-state index contributed by atoms with van der Waals surface area (Å²) in [6.45, 7) is 2.97. The molecular formula is C13H24ClN3O4S2. The zero-order valence-corrected chi connectivity index (χ0v) is 15.7. The number of sulfonamides is 1. The van der Waals surface area contributed by atoms with Crippen molar-refractivity contribution in [3.8, 4) is 0 Å². The second kappa shape index (κ2) is 11.8. The summed E-state index contributed by atoms with van der Waals surface area (Å²) in [4.78, 5) is 13.5. The maximum absolute atomic E-state index is 11.9. The minimum Gasteiger partial charge on any atom is -0.383 e. The van der Waals surface area contributed by atoms with Crippen LogP contribution in [0.5, 0.6) is 0 Å². The summed E-state index contributed by atoms with van der Waals surface area (Å²) >= 11 is 1.38. The Bertz CT molecular complexity index is 563. The van der Waals surface area contributed by atoms with Crippen molar-refractivity contribution in [2.75, 3.05) is 46.2 Å². The van der Waals surface area contributed by atoms with E-state index in [4.69, 9.17) is 4.74 Å². The lowest BCUT2D eigenvalue weighted by Gasteiger charge is -2.05. The molecule has 0 saturated heterocycles. The molecule has 7 nitrogen and oxygen atoms in total. The number of hydrogen-bond donors (Lipinski definition) is 3. The van der Waals surface area contributed by atoms with E-state index in [2.05, 4.69) is 15.4 Å². The van der Waals surface area contributed by atoms with Gasteiger partial charge in [-0.2, -0.15) is 0 Å². The van der Waals surface area contributed by atoms with Crippen molar-refractivity contribution in [2.24, 2.45) is 0 Å². The van der Waals surface area contributed by atoms with Crippen LogP contribution in [0.3, 0.4) is 0 Å². The van der Waals surface area contributed by atoms with Gasteiger partial charge in [0.1, 0.15) is 0 Å². The lowest BCUT2D eigenvalue weighted by molar-refractivity contribution is 0.0957. The van der Waals surface area contributed by atoms with Gasteiger partial charge in [0.05, 0.1) is 17.7 Å². The van der Waals surface area contributed by atoms with Crippen molar-refractivity contribution in [3.63, 3.8) is 0 Å². The molecule has 0 saturated carbocycles. The van der Waals surface area contributed by atoms with E-state index in [9.17, 15) is 13.2 Å². The molecule has 0 spiro atoms. The molecule has 0 radical (unpaired) electrons. The van der Waals surface area contributed by atoms with Crippen LogP contribution in [0.4, 0.5) is 0 Å². The number of nitrogens with one attached hydrogen (secondary N) is 3. The highest BCUT2D eigenvalue weighted by Gasteiger charge is 2.09. The Morgan fingerprint density at radius 2 is 1.96 bits per heavy atom. The quantitative estimate of drug-likeness (QED) is 0.474. The monoisotopic (exact) mass is 385 g/mol. The summed E-state index contributed by atoms with van der Waals surface area (Å²) in [5.41, 5.74) is 0. The van der Waals surface area contributed by atoms with Crippen LogP contribution in [0.1, 0.15) is 14.5 Å². The lowest BCUT2D eigenvalue weighted by atomic mass is 10.3. The van der Waals surface area contributed by atoms with E-state index in [-0.39, 0.29) is 18.3 Å². The summed E-state index contributed by atoms with van der Waals surface area (Å²) in [6.07, 6.45) is 1.70. The van der Waals surface area contributed by atoms with E-state index in [0.717, 1.165) is 17.7 Å². The van der Waals surface area contributed by atoms with E-state index in [0.29, 0.717) is 37.5 Å². The first-order valence-corrected chi connectivity index (χ1v) is 9.64. The normalized spacial score (nSPS) is 11.0. The molecule has 1 rings (SSSR count). The van der Waals surface area contributed by atoms with Gasteiger partial charge in [-0.25, -0.2) is 13.1 Å². The van der Waals surface area contributed by atoms with Gasteiger partial charge in [-0.05, 0) is 18.6 Å². The summed E-state index contributed by atoms with van der Waals surface area (Å²) in [6, 6.07) is 3.61. The molecule has 3 N–H and O–H groups in total. The van der Waals surface area contributed by atoms with E-state index < -0.39 is 10.0 Å². The van der Waals surface area contributed by atoms with Crippen LogP contribution in [0.25, 0.3) is 0 Å². The maximum atomic E-state index is 11.9. The fourth-order valence-electron chi connectivity index (χ4n) is 1.64. The molecule has 1 aromatic heterocycles. The van der Waals surface area contributed by atoms with Crippen LogP contribution in [0, 0.1) is 0 Å². The van der Waals surface area contributed by atoms with Crippen molar-refractivity contribution < 1.29 is 17.9 Å². The van der Waals surface area contributed by atoms with Crippen LogP contribution in [-0.2, 0) is 21.2 Å². The second-order valence-corrected chi connectivity index (χ2v) is 7.68. The van der Waals surface area contributed by atoms with Crippen LogP contribution in [0.15, 0.2) is 12.1 Å². The largest absolute Gasteiger partial charge is 0.383 e. The zero-order chi connectivity index (χ0) is 16.4. The summed E-state index contributed by atoms with van der Waals surface area (Å²) in [7, 11) is -1.52. The molecule has 0 aliphatic heterocycles. The Hall–Kier alpha value is -0.710. The number of amides is 1. The molecule has 0 fully saturated rings. The topological polar surface area (TPSA) is 96.5 Å². The van der Waals surface area contributed by atoms with Gasteiger partial charge in [0.15, 0.2) is 0 Å². The number of ether oxygens (including phenoxy) is 1. The Kier molecular flexibility index (Phi) is 11.4. The van der Waals surface area contributed by atoms with Crippen LogP contribution >= 0.6 is 23.7 Å². The number of hydrogen-bond acceptors (Lipinski definition) is 6. The van der Waals surface area contributed by atoms with Gasteiger partial charge in [-0.1, -0.05) is 0 Å². The Balaban J connectivity index is 0.00000484. The highest BCUT2D eigenvalue weighted by atomic mass is 35.5. The fraction of sp³-hybridized carbons (Fsp3) is 0.615. The van der Waals surface area contributed by atoms with Crippen LogP contribution in [-0.4, -0.2) is 60.5 Å².